The second-order valence-electron chi connectivity index (χ2n) is 8.50. The number of thiophene rings is 1. The minimum absolute atomic E-state index is 0.0931. The maximum absolute atomic E-state index is 13.6. The maximum Gasteiger partial charge on any atom is 0.341 e. The second-order valence-corrected chi connectivity index (χ2v) is 11.5. The van der Waals surface area contributed by atoms with Gasteiger partial charge in [0.05, 0.1) is 23.3 Å². The Morgan fingerprint density at radius 3 is 2.46 bits per heavy atom. The first-order valence-corrected chi connectivity index (χ1v) is 13.7. The molecule has 0 bridgehead atoms. The van der Waals surface area contributed by atoms with Crippen molar-refractivity contribution in [3.8, 4) is 0 Å². The number of sulfonamides is 1. The minimum Gasteiger partial charge on any atom is -0.465 e. The molecule has 0 radical (unpaired) electrons. The number of fused-ring (bicyclic) bond motifs is 1. The number of anilines is 2. The van der Waals surface area contributed by atoms with Gasteiger partial charge in [0, 0.05) is 4.88 Å². The largest absolute Gasteiger partial charge is 0.465 e. The summed E-state index contributed by atoms with van der Waals surface area (Å²) in [5, 5.41) is 3.22. The number of hydrogen-bond donors (Lipinski definition) is 1. The third-order valence-corrected chi connectivity index (χ3v) is 9.26. The monoisotopic (exact) mass is 512 g/mol. The summed E-state index contributed by atoms with van der Waals surface area (Å²) in [7, 11) is -2.71. The Morgan fingerprint density at radius 2 is 1.74 bits per heavy atom. The van der Waals surface area contributed by atoms with E-state index in [9.17, 15) is 18.0 Å². The molecule has 1 heterocycles. The highest BCUT2D eigenvalue weighted by atomic mass is 32.2. The fourth-order valence-electron chi connectivity index (χ4n) is 4.29. The molecule has 1 aromatic heterocycles. The molecule has 0 saturated carbocycles. The topological polar surface area (TPSA) is 92.8 Å². The standard InChI is InChI=1S/C26H28N2O5S2/c1-17-10-9-14-21(18(17)2)28(35(31,32)19-11-5-4-6-12-19)16-23(29)27-25-24(26(30)33-3)20-13-7-8-15-22(20)34-25/h4-6,9-12,14H,7-8,13,15-16H2,1-3H3,(H,27,29). The van der Waals surface area contributed by atoms with Crippen LogP contribution in [0.1, 0.15) is 44.8 Å². The van der Waals surface area contributed by atoms with E-state index in [-0.39, 0.29) is 4.90 Å². The fourth-order valence-corrected chi connectivity index (χ4v) is 7.09. The maximum atomic E-state index is 13.6. The molecule has 4 rings (SSSR count). The van der Waals surface area contributed by atoms with Gasteiger partial charge in [0.25, 0.3) is 10.0 Å². The van der Waals surface area contributed by atoms with Crippen molar-refractivity contribution in [2.45, 2.75) is 44.4 Å². The van der Waals surface area contributed by atoms with Gasteiger partial charge in [-0.3, -0.25) is 9.10 Å². The highest BCUT2D eigenvalue weighted by Crippen LogP contribution is 2.38. The molecule has 35 heavy (non-hydrogen) atoms. The number of nitrogens with zero attached hydrogens (tertiary/aromatic N) is 1. The predicted molar refractivity (Wildman–Crippen MR) is 138 cm³/mol. The number of nitrogens with one attached hydrogen (secondary N) is 1. The summed E-state index contributed by atoms with van der Waals surface area (Å²) in [6.07, 6.45) is 3.59. The SMILES string of the molecule is COC(=O)c1c(NC(=O)CN(c2cccc(C)c2C)S(=O)(=O)c2ccccc2)sc2c1CCCC2. The summed E-state index contributed by atoms with van der Waals surface area (Å²) in [6.45, 7) is 3.29. The van der Waals surface area contributed by atoms with Gasteiger partial charge in [-0.25, -0.2) is 13.2 Å². The summed E-state index contributed by atoms with van der Waals surface area (Å²) >= 11 is 1.37. The van der Waals surface area contributed by atoms with Gasteiger partial charge >= 0.3 is 5.97 Å². The van der Waals surface area contributed by atoms with E-state index in [4.69, 9.17) is 4.74 Å². The van der Waals surface area contributed by atoms with Crippen molar-refractivity contribution in [3.63, 3.8) is 0 Å². The zero-order chi connectivity index (χ0) is 25.2. The Balaban J connectivity index is 1.71. The lowest BCUT2D eigenvalue weighted by Crippen LogP contribution is -2.38. The fraction of sp³-hybridized carbons (Fsp3) is 0.308. The van der Waals surface area contributed by atoms with Crippen LogP contribution < -0.4 is 9.62 Å². The number of ether oxygens (including phenoxy) is 1. The van der Waals surface area contributed by atoms with Gasteiger partial charge in [0.1, 0.15) is 11.5 Å². The molecular weight excluding hydrogens is 484 g/mol. The van der Waals surface area contributed by atoms with E-state index < -0.39 is 28.4 Å². The average molecular weight is 513 g/mol. The number of amides is 1. The van der Waals surface area contributed by atoms with Crippen LogP contribution in [0.5, 0.6) is 0 Å². The second kappa shape index (κ2) is 10.2. The number of carbonyl (C=O) groups excluding carboxylic acids is 2. The van der Waals surface area contributed by atoms with E-state index in [2.05, 4.69) is 5.32 Å². The van der Waals surface area contributed by atoms with Gasteiger partial charge in [-0.2, -0.15) is 0 Å². The molecule has 1 amide bonds. The van der Waals surface area contributed by atoms with Gasteiger partial charge in [-0.15, -0.1) is 11.3 Å². The summed E-state index contributed by atoms with van der Waals surface area (Å²) < 4.78 is 33.4. The van der Waals surface area contributed by atoms with Crippen molar-refractivity contribution in [2.24, 2.45) is 0 Å². The molecule has 1 aliphatic carbocycles. The number of carbonyl (C=O) groups is 2. The molecule has 0 spiro atoms. The predicted octanol–water partition coefficient (Wildman–Crippen LogP) is 4.86. The van der Waals surface area contributed by atoms with Gasteiger partial charge < -0.3 is 10.1 Å². The van der Waals surface area contributed by atoms with Crippen LogP contribution in [0, 0.1) is 13.8 Å². The van der Waals surface area contributed by atoms with Crippen molar-refractivity contribution < 1.29 is 22.7 Å². The molecule has 0 unspecified atom stereocenters. The molecule has 1 aliphatic rings. The van der Waals surface area contributed by atoms with Crippen molar-refractivity contribution in [1.29, 1.82) is 0 Å². The average Bonchev–Trinajstić information content (AvgIpc) is 3.22. The van der Waals surface area contributed by atoms with Crippen LogP contribution in [0.4, 0.5) is 10.7 Å². The zero-order valence-corrected chi connectivity index (χ0v) is 21.6. The van der Waals surface area contributed by atoms with Gasteiger partial charge in [-0.05, 0) is 74.4 Å². The van der Waals surface area contributed by atoms with Crippen LogP contribution in [0.3, 0.4) is 0 Å². The van der Waals surface area contributed by atoms with Crippen LogP contribution in [-0.4, -0.2) is 33.9 Å². The molecule has 2 aromatic carbocycles. The Morgan fingerprint density at radius 1 is 1.03 bits per heavy atom. The molecule has 0 atom stereocenters. The van der Waals surface area contributed by atoms with E-state index >= 15 is 0 Å². The highest BCUT2D eigenvalue weighted by Gasteiger charge is 2.31. The normalized spacial score (nSPS) is 13.1. The summed E-state index contributed by atoms with van der Waals surface area (Å²) in [4.78, 5) is 27.0. The number of methoxy groups -OCH3 is 1. The van der Waals surface area contributed by atoms with E-state index in [1.807, 2.05) is 19.9 Å². The third kappa shape index (κ3) is 4.97. The molecule has 0 aliphatic heterocycles. The summed E-state index contributed by atoms with van der Waals surface area (Å²) in [5.41, 5.74) is 3.41. The lowest BCUT2D eigenvalue weighted by molar-refractivity contribution is -0.114. The first kappa shape index (κ1) is 24.9. The molecule has 9 heteroatoms. The van der Waals surface area contributed by atoms with Crippen molar-refractivity contribution in [2.75, 3.05) is 23.3 Å². The van der Waals surface area contributed by atoms with Crippen molar-refractivity contribution in [3.05, 3.63) is 75.7 Å². The van der Waals surface area contributed by atoms with E-state index in [0.29, 0.717) is 16.3 Å². The Hall–Kier alpha value is -3.17. The highest BCUT2D eigenvalue weighted by molar-refractivity contribution is 7.92. The van der Waals surface area contributed by atoms with Gasteiger partial charge in [0.15, 0.2) is 0 Å². The van der Waals surface area contributed by atoms with E-state index in [1.165, 1.54) is 30.6 Å². The summed E-state index contributed by atoms with van der Waals surface area (Å²) in [6, 6.07) is 13.4. The number of benzene rings is 2. The smallest absolute Gasteiger partial charge is 0.341 e. The zero-order valence-electron chi connectivity index (χ0n) is 20.0. The molecule has 0 fully saturated rings. The van der Waals surface area contributed by atoms with Crippen LogP contribution in [-0.2, 0) is 32.4 Å². The van der Waals surface area contributed by atoms with Crippen LogP contribution >= 0.6 is 11.3 Å². The first-order chi connectivity index (χ1) is 16.7. The van der Waals surface area contributed by atoms with Gasteiger partial charge in [-0.1, -0.05) is 30.3 Å². The molecule has 0 saturated heterocycles. The Kier molecular flexibility index (Phi) is 7.28. The molecular formula is C26H28N2O5S2. The van der Waals surface area contributed by atoms with E-state index in [1.54, 1.807) is 30.3 Å². The molecule has 1 N–H and O–H groups in total. The molecule has 3 aromatic rings. The number of rotatable bonds is 7. The quantitative estimate of drug-likeness (QED) is 0.456. The number of esters is 1. The number of aryl methyl sites for hydroxylation is 2. The summed E-state index contributed by atoms with van der Waals surface area (Å²) in [5.74, 6) is -1.03. The third-order valence-electron chi connectivity index (χ3n) is 6.28. The van der Waals surface area contributed by atoms with E-state index in [0.717, 1.165) is 51.6 Å². The Labute approximate surface area is 209 Å². The number of hydrogen-bond acceptors (Lipinski definition) is 6. The van der Waals surface area contributed by atoms with Crippen LogP contribution in [0.15, 0.2) is 53.4 Å². The van der Waals surface area contributed by atoms with Crippen LogP contribution in [0.25, 0.3) is 0 Å². The molecule has 7 nitrogen and oxygen atoms in total. The van der Waals surface area contributed by atoms with Gasteiger partial charge in [0.2, 0.25) is 5.91 Å². The van der Waals surface area contributed by atoms with Crippen molar-refractivity contribution >= 4 is 43.9 Å². The Bertz CT molecular complexity index is 1360. The minimum atomic E-state index is -4.03. The lowest BCUT2D eigenvalue weighted by Gasteiger charge is -2.26. The lowest BCUT2D eigenvalue weighted by atomic mass is 9.95. The van der Waals surface area contributed by atoms with Crippen LogP contribution in [0.2, 0.25) is 0 Å². The first-order valence-electron chi connectivity index (χ1n) is 11.4. The molecule has 184 valence electrons. The van der Waals surface area contributed by atoms with Crippen molar-refractivity contribution in [1.82, 2.24) is 0 Å².